The summed E-state index contributed by atoms with van der Waals surface area (Å²) in [5.41, 5.74) is 5.70. The lowest BCUT2D eigenvalue weighted by Crippen LogP contribution is -2.20. The molecule has 0 fully saturated rings. The maximum atomic E-state index is 5.47. The third kappa shape index (κ3) is 3.14. The molecule has 0 aliphatic rings. The Labute approximate surface area is 79.2 Å². The molecule has 0 radical (unpaired) electrons. The van der Waals surface area contributed by atoms with Crippen LogP contribution < -0.4 is 5.73 Å². The van der Waals surface area contributed by atoms with Gasteiger partial charge in [-0.05, 0) is 12.0 Å². The zero-order valence-electron chi connectivity index (χ0n) is 8.62. The SMILES string of the molecule is CC(C)(C)Cn1ncnc1CCN. The molecule has 0 amide bonds. The lowest BCUT2D eigenvalue weighted by Gasteiger charge is -2.18. The maximum Gasteiger partial charge on any atom is 0.138 e. The second kappa shape index (κ2) is 3.87. The van der Waals surface area contributed by atoms with E-state index >= 15 is 0 Å². The molecule has 1 aromatic rings. The first-order valence-corrected chi connectivity index (χ1v) is 4.60. The summed E-state index contributed by atoms with van der Waals surface area (Å²) < 4.78 is 1.94. The molecule has 0 bridgehead atoms. The van der Waals surface area contributed by atoms with Gasteiger partial charge in [0.1, 0.15) is 12.2 Å². The highest BCUT2D eigenvalue weighted by Gasteiger charge is 2.14. The summed E-state index contributed by atoms with van der Waals surface area (Å²) in [7, 11) is 0. The van der Waals surface area contributed by atoms with Gasteiger partial charge in [0.25, 0.3) is 0 Å². The van der Waals surface area contributed by atoms with Crippen LogP contribution in [0.3, 0.4) is 0 Å². The van der Waals surface area contributed by atoms with E-state index in [1.807, 2.05) is 4.68 Å². The van der Waals surface area contributed by atoms with Crippen LogP contribution in [0.2, 0.25) is 0 Å². The summed E-state index contributed by atoms with van der Waals surface area (Å²) in [4.78, 5) is 4.16. The molecule has 1 aromatic heterocycles. The second-order valence-electron chi connectivity index (χ2n) is 4.43. The second-order valence-corrected chi connectivity index (χ2v) is 4.43. The summed E-state index contributed by atoms with van der Waals surface area (Å²) >= 11 is 0. The van der Waals surface area contributed by atoms with Crippen LogP contribution in [0.5, 0.6) is 0 Å². The number of rotatable bonds is 3. The van der Waals surface area contributed by atoms with Crippen molar-refractivity contribution < 1.29 is 0 Å². The van der Waals surface area contributed by atoms with Gasteiger partial charge in [0.05, 0.1) is 0 Å². The Balaban J connectivity index is 2.70. The van der Waals surface area contributed by atoms with Crippen LogP contribution in [-0.4, -0.2) is 21.3 Å². The van der Waals surface area contributed by atoms with Gasteiger partial charge in [0, 0.05) is 13.0 Å². The Morgan fingerprint density at radius 1 is 1.46 bits per heavy atom. The number of aromatic nitrogens is 3. The van der Waals surface area contributed by atoms with E-state index in [-0.39, 0.29) is 5.41 Å². The first kappa shape index (κ1) is 10.2. The largest absolute Gasteiger partial charge is 0.330 e. The van der Waals surface area contributed by atoms with Gasteiger partial charge in [0.15, 0.2) is 0 Å². The zero-order chi connectivity index (χ0) is 9.90. The molecule has 0 aliphatic heterocycles. The average molecular weight is 182 g/mol. The highest BCUT2D eigenvalue weighted by molar-refractivity contribution is 4.86. The van der Waals surface area contributed by atoms with Crippen molar-refractivity contribution in [3.05, 3.63) is 12.2 Å². The van der Waals surface area contributed by atoms with E-state index in [0.717, 1.165) is 18.8 Å². The fourth-order valence-electron chi connectivity index (χ4n) is 1.19. The van der Waals surface area contributed by atoms with Crippen molar-refractivity contribution in [1.82, 2.24) is 14.8 Å². The van der Waals surface area contributed by atoms with Gasteiger partial charge in [-0.1, -0.05) is 20.8 Å². The number of hydrogen-bond donors (Lipinski definition) is 1. The first-order valence-electron chi connectivity index (χ1n) is 4.60. The van der Waals surface area contributed by atoms with E-state index in [2.05, 4.69) is 30.9 Å². The molecule has 0 aliphatic carbocycles. The Morgan fingerprint density at radius 3 is 2.69 bits per heavy atom. The van der Waals surface area contributed by atoms with Gasteiger partial charge >= 0.3 is 0 Å². The summed E-state index contributed by atoms with van der Waals surface area (Å²) in [5, 5.41) is 4.17. The van der Waals surface area contributed by atoms with Gasteiger partial charge in [0.2, 0.25) is 0 Å². The quantitative estimate of drug-likeness (QED) is 0.753. The summed E-state index contributed by atoms with van der Waals surface area (Å²) in [6, 6.07) is 0. The van der Waals surface area contributed by atoms with Crippen LogP contribution in [0.1, 0.15) is 26.6 Å². The molecule has 0 unspecified atom stereocenters. The number of nitrogens with two attached hydrogens (primary N) is 1. The molecule has 2 N–H and O–H groups in total. The van der Waals surface area contributed by atoms with E-state index in [9.17, 15) is 0 Å². The molecule has 0 saturated heterocycles. The summed E-state index contributed by atoms with van der Waals surface area (Å²) in [5.74, 6) is 0.984. The highest BCUT2D eigenvalue weighted by atomic mass is 15.3. The minimum Gasteiger partial charge on any atom is -0.330 e. The lowest BCUT2D eigenvalue weighted by atomic mass is 9.97. The Hall–Kier alpha value is -0.900. The predicted octanol–water partition coefficient (Wildman–Crippen LogP) is 0.825. The van der Waals surface area contributed by atoms with Crippen LogP contribution in [0, 0.1) is 5.41 Å². The Kier molecular flexibility index (Phi) is 3.03. The van der Waals surface area contributed by atoms with Crippen molar-refractivity contribution >= 4 is 0 Å². The Bertz CT molecular complexity index is 259. The zero-order valence-corrected chi connectivity index (χ0v) is 8.62. The van der Waals surface area contributed by atoms with E-state index in [1.165, 1.54) is 0 Å². The topological polar surface area (TPSA) is 56.7 Å². The molecule has 0 aromatic carbocycles. The first-order chi connectivity index (χ1) is 6.03. The van der Waals surface area contributed by atoms with Crippen LogP contribution >= 0.6 is 0 Å². The molecule has 0 spiro atoms. The van der Waals surface area contributed by atoms with Crippen molar-refractivity contribution in [3.8, 4) is 0 Å². The molecule has 0 saturated carbocycles. The molecular formula is C9H18N4. The smallest absolute Gasteiger partial charge is 0.138 e. The highest BCUT2D eigenvalue weighted by Crippen LogP contribution is 2.16. The number of nitrogens with zero attached hydrogens (tertiary/aromatic N) is 3. The van der Waals surface area contributed by atoms with E-state index < -0.39 is 0 Å². The fourth-order valence-corrected chi connectivity index (χ4v) is 1.19. The van der Waals surface area contributed by atoms with Gasteiger partial charge in [-0.2, -0.15) is 5.10 Å². The van der Waals surface area contributed by atoms with Gasteiger partial charge in [-0.25, -0.2) is 9.67 Å². The molecule has 13 heavy (non-hydrogen) atoms. The monoisotopic (exact) mass is 182 g/mol. The van der Waals surface area contributed by atoms with Crippen molar-refractivity contribution in [2.45, 2.75) is 33.7 Å². The minimum atomic E-state index is 0.233. The molecule has 74 valence electrons. The van der Waals surface area contributed by atoms with Crippen molar-refractivity contribution in [1.29, 1.82) is 0 Å². The fraction of sp³-hybridized carbons (Fsp3) is 0.778. The van der Waals surface area contributed by atoms with Gasteiger partial charge in [-0.3, -0.25) is 0 Å². The van der Waals surface area contributed by atoms with E-state index in [0.29, 0.717) is 6.54 Å². The summed E-state index contributed by atoms with van der Waals surface area (Å²) in [6.07, 6.45) is 2.40. The van der Waals surface area contributed by atoms with Crippen LogP contribution in [0.15, 0.2) is 6.33 Å². The minimum absolute atomic E-state index is 0.233. The normalized spacial score (nSPS) is 12.0. The van der Waals surface area contributed by atoms with Crippen molar-refractivity contribution in [2.24, 2.45) is 11.1 Å². The Morgan fingerprint density at radius 2 is 2.15 bits per heavy atom. The van der Waals surface area contributed by atoms with Crippen LogP contribution in [0.4, 0.5) is 0 Å². The van der Waals surface area contributed by atoms with Crippen LogP contribution in [0.25, 0.3) is 0 Å². The lowest BCUT2D eigenvalue weighted by molar-refractivity contribution is 0.318. The molecule has 4 nitrogen and oxygen atoms in total. The van der Waals surface area contributed by atoms with Crippen molar-refractivity contribution in [3.63, 3.8) is 0 Å². The molecule has 0 atom stereocenters. The summed E-state index contributed by atoms with van der Waals surface area (Å²) in [6.45, 7) is 8.06. The maximum absolute atomic E-state index is 5.47. The van der Waals surface area contributed by atoms with E-state index in [4.69, 9.17) is 5.73 Å². The molecule has 1 rings (SSSR count). The van der Waals surface area contributed by atoms with Gasteiger partial charge in [-0.15, -0.1) is 0 Å². The van der Waals surface area contributed by atoms with Crippen LogP contribution in [-0.2, 0) is 13.0 Å². The molecule has 4 heteroatoms. The van der Waals surface area contributed by atoms with E-state index in [1.54, 1.807) is 6.33 Å². The third-order valence-electron chi connectivity index (χ3n) is 1.69. The third-order valence-corrected chi connectivity index (χ3v) is 1.69. The average Bonchev–Trinajstić information content (AvgIpc) is 2.34. The van der Waals surface area contributed by atoms with Crippen molar-refractivity contribution in [2.75, 3.05) is 6.54 Å². The molecular weight excluding hydrogens is 164 g/mol. The standard InChI is InChI=1S/C9H18N4/c1-9(2,3)6-13-8(4-5-10)11-7-12-13/h7H,4-6,10H2,1-3H3. The number of hydrogen-bond acceptors (Lipinski definition) is 3. The molecule has 1 heterocycles. The predicted molar refractivity (Wildman–Crippen MR) is 52.2 cm³/mol. The van der Waals surface area contributed by atoms with Gasteiger partial charge < -0.3 is 5.73 Å².